The molecule has 4 bridgehead atoms. The molecule has 2 saturated heterocycles. The number of carbonyl (C=O) groups excluding carboxylic acids is 2. The first kappa shape index (κ1) is 71.8. The normalized spacial score (nSPS) is 36.4. The second-order valence-electron chi connectivity index (χ2n) is 27.8. The maximum atomic E-state index is 15.4. The molecule has 470 valence electrons. The van der Waals surface area contributed by atoms with Crippen molar-refractivity contribution in [3.05, 3.63) is 35.5 Å². The number of aliphatic hydroxyl groups is 3. The molecule has 3 fully saturated rings. The summed E-state index contributed by atoms with van der Waals surface area (Å²) < 4.78 is 62.7. The number of fused-ring (bicyclic) bond motifs is 4. The molecule has 4 aliphatic rings. The lowest BCUT2D eigenvalue weighted by molar-refractivity contribution is -0.345. The van der Waals surface area contributed by atoms with Gasteiger partial charge in [-0.1, -0.05) is 134 Å². The molecular weight excluding hydrogens is 1080 g/mol. The van der Waals surface area contributed by atoms with Crippen LogP contribution in [0.5, 0.6) is 0 Å². The fourth-order valence-corrected chi connectivity index (χ4v) is 26.1. The Kier molecular flexibility index (Phi) is 27.3. The number of hydrogen-bond donors (Lipinski definition) is 4. The van der Waals surface area contributed by atoms with Gasteiger partial charge in [-0.05, 0) is 142 Å². The molecule has 1 aliphatic carbocycles. The minimum absolute atomic E-state index is 0.0209. The summed E-state index contributed by atoms with van der Waals surface area (Å²) in [5.74, 6) is -5.09. The lowest BCUT2D eigenvalue weighted by Gasteiger charge is -2.54. The summed E-state index contributed by atoms with van der Waals surface area (Å²) in [6, 6.07) is -1.25. The summed E-state index contributed by atoms with van der Waals surface area (Å²) in [4.78, 5) is 30.1. The minimum atomic E-state index is -3.22. The Morgan fingerprint density at radius 3 is 1.94 bits per heavy atom. The number of esters is 1. The van der Waals surface area contributed by atoms with E-state index in [9.17, 15) is 20.1 Å². The van der Waals surface area contributed by atoms with E-state index in [1.165, 1.54) is 5.57 Å². The van der Waals surface area contributed by atoms with Gasteiger partial charge in [-0.3, -0.25) is 4.79 Å². The number of carbonyl (C=O) groups is 2. The second kappa shape index (κ2) is 30.8. The van der Waals surface area contributed by atoms with E-state index < -0.39 is 97.6 Å². The maximum Gasteiger partial charge on any atom is 0.334 e. The van der Waals surface area contributed by atoms with Crippen molar-refractivity contribution in [2.24, 2.45) is 29.6 Å². The van der Waals surface area contributed by atoms with Crippen LogP contribution in [0.1, 0.15) is 188 Å². The number of unbranched alkanes of at least 4 members (excludes halogenated alkanes) is 1. The third kappa shape index (κ3) is 17.6. The van der Waals surface area contributed by atoms with Gasteiger partial charge in [0.1, 0.15) is 18.2 Å². The third-order valence-electron chi connectivity index (χ3n) is 19.3. The molecular formula is C63H117NO14Si3. The van der Waals surface area contributed by atoms with Crippen molar-refractivity contribution < 1.29 is 66.0 Å². The zero-order valence-corrected chi connectivity index (χ0v) is 57.6. The van der Waals surface area contributed by atoms with Gasteiger partial charge in [0, 0.05) is 39.1 Å². The lowest BCUT2D eigenvalue weighted by Crippen LogP contribution is -2.66. The van der Waals surface area contributed by atoms with Crippen LogP contribution in [0.25, 0.3) is 0 Å². The fourth-order valence-electron chi connectivity index (χ4n) is 13.3. The number of allylic oxidation sites excluding steroid dienone is 3. The van der Waals surface area contributed by atoms with Crippen LogP contribution in [0, 0.1) is 29.6 Å². The Bertz CT molecular complexity index is 2040. The highest BCUT2D eigenvalue weighted by Gasteiger charge is 2.61. The molecule has 0 aromatic carbocycles. The monoisotopic (exact) mass is 1200 g/mol. The molecule has 1 amide bonds. The van der Waals surface area contributed by atoms with Crippen molar-refractivity contribution in [3.63, 3.8) is 0 Å². The molecule has 0 aromatic rings. The quantitative estimate of drug-likeness (QED) is 0.0466. The number of amides is 1. The van der Waals surface area contributed by atoms with Gasteiger partial charge in [0.15, 0.2) is 14.4 Å². The largest absolute Gasteiger partial charge is 0.456 e. The van der Waals surface area contributed by atoms with Crippen LogP contribution in [0.15, 0.2) is 35.5 Å². The van der Waals surface area contributed by atoms with Gasteiger partial charge in [0.25, 0.3) is 5.91 Å². The molecule has 0 radical (unpaired) electrons. The first-order valence-corrected chi connectivity index (χ1v) is 38.1. The summed E-state index contributed by atoms with van der Waals surface area (Å²) in [6.07, 6.45) is 8.59. The van der Waals surface area contributed by atoms with E-state index >= 15 is 4.79 Å². The number of ether oxygens (including phenoxy) is 5. The van der Waals surface area contributed by atoms with Gasteiger partial charge >= 0.3 is 23.1 Å². The summed E-state index contributed by atoms with van der Waals surface area (Å²) >= 11 is 0. The van der Waals surface area contributed by atoms with Gasteiger partial charge in [0.05, 0.1) is 43.2 Å². The summed E-state index contributed by atoms with van der Waals surface area (Å²) in [5, 5.41) is 37.0. The Morgan fingerprint density at radius 1 is 0.840 bits per heavy atom. The molecule has 3 aliphatic heterocycles. The standard InChI is InChI=1S/C63H117NO14Si3/c1-23-49-33-43(10)32-44(11)34-55(71-19)58-56(72-20)36-46(13)63(69,74-58)59(66)60(67)64-50(28-26-24-25-27-31-65)61(68)73-57(45(12)35-48-29-30-51(54(37-48)70-18)75-79(21,22)62(15,16)17)47(14)52-38-53(49)77-81(41(6)7,42(8)9)78-80(76-52,39(2)3)40(4)5/h25,27,33,35,39-42,44,46-59,65-66,69H,23-24,26,28-32,34,36-38H2,1-22H3,(H,64,67)/b27-25+,43-33+,45-35+/t44-,46+,47+,48-,49+,50+,51+,52-,53-,54+,55-,56-,57+,58+,59?,63+/m0/s1. The topological polar surface area (TPSA) is 190 Å². The van der Waals surface area contributed by atoms with Gasteiger partial charge in [-0.25, -0.2) is 4.79 Å². The fraction of sp³-hybridized carbons (Fsp3) is 0.873. The molecule has 15 nitrogen and oxygen atoms in total. The summed E-state index contributed by atoms with van der Waals surface area (Å²) in [6.45, 7) is 41.6. The zero-order valence-electron chi connectivity index (χ0n) is 54.6. The van der Waals surface area contributed by atoms with Crippen LogP contribution in [0.3, 0.4) is 0 Å². The smallest absolute Gasteiger partial charge is 0.334 e. The number of nitrogens with one attached hydrogen (secondary N) is 1. The molecule has 81 heavy (non-hydrogen) atoms. The molecule has 4 rings (SSSR count). The van der Waals surface area contributed by atoms with E-state index in [1.54, 1.807) is 34.3 Å². The molecule has 0 aromatic heterocycles. The van der Waals surface area contributed by atoms with Crippen LogP contribution in [-0.4, -0.2) is 147 Å². The van der Waals surface area contributed by atoms with Gasteiger partial charge < -0.3 is 61.7 Å². The van der Waals surface area contributed by atoms with Gasteiger partial charge in [-0.15, -0.1) is 0 Å². The summed E-state index contributed by atoms with van der Waals surface area (Å²) in [5.41, 5.74) is 2.36. The Labute approximate surface area is 494 Å². The average molecular weight is 1200 g/mol. The number of hydrogen-bond acceptors (Lipinski definition) is 14. The van der Waals surface area contributed by atoms with Crippen LogP contribution in [0.4, 0.5) is 0 Å². The molecule has 0 spiro atoms. The minimum Gasteiger partial charge on any atom is -0.456 e. The van der Waals surface area contributed by atoms with E-state index in [-0.39, 0.29) is 82.7 Å². The highest BCUT2D eigenvalue weighted by atomic mass is 28.5. The molecule has 16 atom stereocenters. The van der Waals surface area contributed by atoms with Crippen molar-refractivity contribution in [1.82, 2.24) is 5.32 Å². The number of aliphatic hydroxyl groups excluding tert-OH is 2. The molecule has 4 N–H and O–H groups in total. The summed E-state index contributed by atoms with van der Waals surface area (Å²) in [7, 11) is -3.46. The van der Waals surface area contributed by atoms with Gasteiger partial charge in [0.2, 0.25) is 5.79 Å². The van der Waals surface area contributed by atoms with Crippen LogP contribution >= 0.6 is 0 Å². The first-order chi connectivity index (χ1) is 37.7. The third-order valence-corrected chi connectivity index (χ3v) is 34.2. The number of rotatable bonds is 17. The Balaban J connectivity index is 2.03. The van der Waals surface area contributed by atoms with E-state index in [0.717, 1.165) is 37.7 Å². The highest BCUT2D eigenvalue weighted by Crippen LogP contribution is 2.50. The van der Waals surface area contributed by atoms with E-state index in [4.69, 9.17) is 41.1 Å². The SMILES string of the molecule is CC[C@@H]1/C=C(\C)C[C@H](C)C[C@H](OC)[C@H]2O[C@@](O)(C(O)C(=O)N[C@H](CCC/C=C/CO)C(=O)O[C@H](/C(C)=C/[C@@H]3CC[C@@H](O[Si](C)(C)C(C)(C)C)[C@H](OC)C3)[C@H](C)[C@@H]3C[C@@H]1O[Si](C(C)C)(C(C)C)O[Si](C(C)C)(C(C)C)O3)[C@H](C)C[C@@H]2OC. The molecule has 18 heteroatoms. The van der Waals surface area contributed by atoms with Gasteiger partial charge in [-0.2, -0.15) is 0 Å². The number of cyclic esters (lactones) is 1. The van der Waals surface area contributed by atoms with Crippen molar-refractivity contribution in [1.29, 1.82) is 0 Å². The van der Waals surface area contributed by atoms with Crippen LogP contribution in [-0.2, 0) is 50.7 Å². The first-order valence-electron chi connectivity index (χ1n) is 31.2. The predicted octanol–water partition coefficient (Wildman–Crippen LogP) is 12.5. The van der Waals surface area contributed by atoms with Crippen LogP contribution in [0.2, 0.25) is 40.3 Å². The molecule has 3 heterocycles. The average Bonchev–Trinajstić information content (AvgIpc) is 3.44. The molecule has 1 unspecified atom stereocenters. The highest BCUT2D eigenvalue weighted by molar-refractivity contribution is 6.84. The Morgan fingerprint density at radius 2 is 1.41 bits per heavy atom. The Hall–Kier alpha value is -1.63. The van der Waals surface area contributed by atoms with Crippen molar-refractivity contribution in [2.75, 3.05) is 27.9 Å². The lowest BCUT2D eigenvalue weighted by atomic mass is 9.81. The molecule has 1 saturated carbocycles. The van der Waals surface area contributed by atoms with E-state index in [1.807, 2.05) is 13.0 Å². The van der Waals surface area contributed by atoms with E-state index in [0.29, 0.717) is 25.7 Å². The maximum absolute atomic E-state index is 15.4. The number of methoxy groups -OCH3 is 3. The zero-order chi connectivity index (χ0) is 61.2. The van der Waals surface area contributed by atoms with E-state index in [2.05, 4.69) is 134 Å². The van der Waals surface area contributed by atoms with Crippen molar-refractivity contribution >= 4 is 37.3 Å². The van der Waals surface area contributed by atoms with Crippen molar-refractivity contribution in [2.45, 2.75) is 295 Å². The van der Waals surface area contributed by atoms with Crippen molar-refractivity contribution in [3.8, 4) is 0 Å². The predicted molar refractivity (Wildman–Crippen MR) is 330 cm³/mol. The van der Waals surface area contributed by atoms with Crippen LogP contribution < -0.4 is 5.32 Å². The second-order valence-corrected chi connectivity index (χ2v) is 41.3.